The molecular formula is C21H20FNO2. The van der Waals surface area contributed by atoms with Gasteiger partial charge >= 0.3 is 0 Å². The van der Waals surface area contributed by atoms with E-state index in [4.69, 9.17) is 15.2 Å². The molecule has 0 heterocycles. The summed E-state index contributed by atoms with van der Waals surface area (Å²) in [7, 11) is 1.45. The fourth-order valence-corrected chi connectivity index (χ4v) is 2.67. The van der Waals surface area contributed by atoms with Gasteiger partial charge in [-0.3, -0.25) is 0 Å². The van der Waals surface area contributed by atoms with Crippen LogP contribution >= 0.6 is 0 Å². The van der Waals surface area contributed by atoms with Crippen LogP contribution in [0.4, 0.5) is 4.39 Å². The van der Waals surface area contributed by atoms with Crippen molar-refractivity contribution in [3.05, 3.63) is 83.7 Å². The van der Waals surface area contributed by atoms with E-state index in [2.05, 4.69) is 0 Å². The number of hydrogen-bond donors (Lipinski definition) is 1. The maximum absolute atomic E-state index is 14.5. The monoisotopic (exact) mass is 337 g/mol. The second kappa shape index (κ2) is 7.81. The lowest BCUT2D eigenvalue weighted by atomic mass is 10.0. The maximum atomic E-state index is 14.5. The van der Waals surface area contributed by atoms with Crippen LogP contribution < -0.4 is 15.2 Å². The number of ether oxygens (including phenoxy) is 2. The maximum Gasteiger partial charge on any atom is 0.172 e. The Balaban J connectivity index is 1.87. The number of halogens is 1. The van der Waals surface area contributed by atoms with E-state index in [-0.39, 0.29) is 11.6 Å². The molecule has 4 heteroatoms. The molecular weight excluding hydrogens is 317 g/mol. The molecule has 0 bridgehead atoms. The van der Waals surface area contributed by atoms with Gasteiger partial charge in [0.15, 0.2) is 11.6 Å². The van der Waals surface area contributed by atoms with Crippen LogP contribution in [-0.4, -0.2) is 7.11 Å². The van der Waals surface area contributed by atoms with Crippen LogP contribution in [0, 0.1) is 5.82 Å². The number of rotatable bonds is 6. The van der Waals surface area contributed by atoms with Crippen LogP contribution in [0.3, 0.4) is 0 Å². The Bertz CT molecular complexity index is 850. The highest BCUT2D eigenvalue weighted by Crippen LogP contribution is 2.32. The van der Waals surface area contributed by atoms with Crippen LogP contribution in [0.25, 0.3) is 11.1 Å². The first-order valence-corrected chi connectivity index (χ1v) is 8.05. The Morgan fingerprint density at radius 3 is 2.44 bits per heavy atom. The fraction of sp³-hybridized carbons (Fsp3) is 0.143. The van der Waals surface area contributed by atoms with E-state index < -0.39 is 0 Å². The molecule has 0 spiro atoms. The highest BCUT2D eigenvalue weighted by atomic mass is 19.1. The Morgan fingerprint density at radius 1 is 0.920 bits per heavy atom. The molecule has 2 N–H and O–H groups in total. The number of hydrogen-bond acceptors (Lipinski definition) is 3. The lowest BCUT2D eigenvalue weighted by Crippen LogP contribution is -2.03. The number of nitrogens with two attached hydrogens (primary N) is 1. The van der Waals surface area contributed by atoms with E-state index in [1.807, 2.05) is 48.5 Å². The van der Waals surface area contributed by atoms with Gasteiger partial charge in [0.2, 0.25) is 0 Å². The molecule has 0 radical (unpaired) electrons. The van der Waals surface area contributed by atoms with Crippen LogP contribution in [-0.2, 0) is 13.2 Å². The van der Waals surface area contributed by atoms with Crippen molar-refractivity contribution in [2.24, 2.45) is 5.73 Å². The van der Waals surface area contributed by atoms with Crippen molar-refractivity contribution in [2.75, 3.05) is 7.11 Å². The van der Waals surface area contributed by atoms with Gasteiger partial charge in [0.25, 0.3) is 0 Å². The van der Waals surface area contributed by atoms with Gasteiger partial charge < -0.3 is 15.2 Å². The number of benzene rings is 3. The van der Waals surface area contributed by atoms with Gasteiger partial charge in [0.1, 0.15) is 12.4 Å². The standard InChI is InChI=1S/C21H20FNO2/c1-24-20-9-5-8-18(21(20)22)16-10-11-19(17(12-16)13-23)25-14-15-6-3-2-4-7-15/h2-12H,13-14,23H2,1H3. The fourth-order valence-electron chi connectivity index (χ4n) is 2.67. The quantitative estimate of drug-likeness (QED) is 0.718. The predicted octanol–water partition coefficient (Wildman–Crippen LogP) is 4.54. The third kappa shape index (κ3) is 3.80. The van der Waals surface area contributed by atoms with Crippen molar-refractivity contribution in [3.63, 3.8) is 0 Å². The topological polar surface area (TPSA) is 44.5 Å². The molecule has 128 valence electrons. The summed E-state index contributed by atoms with van der Waals surface area (Å²) in [6.07, 6.45) is 0. The summed E-state index contributed by atoms with van der Waals surface area (Å²) in [6.45, 7) is 0.768. The minimum absolute atomic E-state index is 0.219. The number of methoxy groups -OCH3 is 1. The van der Waals surface area contributed by atoms with Crippen LogP contribution in [0.5, 0.6) is 11.5 Å². The van der Waals surface area contributed by atoms with Gasteiger partial charge in [0.05, 0.1) is 7.11 Å². The van der Waals surface area contributed by atoms with Crippen molar-refractivity contribution >= 4 is 0 Å². The molecule has 0 fully saturated rings. The first-order chi connectivity index (χ1) is 12.2. The van der Waals surface area contributed by atoms with Crippen LogP contribution in [0.1, 0.15) is 11.1 Å². The van der Waals surface area contributed by atoms with Crippen molar-refractivity contribution in [2.45, 2.75) is 13.2 Å². The summed E-state index contributed by atoms with van der Waals surface area (Å²) in [5, 5.41) is 0. The zero-order valence-electron chi connectivity index (χ0n) is 14.0. The third-order valence-electron chi connectivity index (χ3n) is 4.01. The summed E-state index contributed by atoms with van der Waals surface area (Å²) in [6, 6.07) is 20.5. The molecule has 0 amide bonds. The first-order valence-electron chi connectivity index (χ1n) is 8.05. The molecule has 0 aliphatic heterocycles. The molecule has 3 aromatic rings. The second-order valence-corrected chi connectivity index (χ2v) is 5.62. The van der Waals surface area contributed by atoms with Crippen LogP contribution in [0.15, 0.2) is 66.7 Å². The largest absolute Gasteiger partial charge is 0.494 e. The van der Waals surface area contributed by atoms with E-state index in [9.17, 15) is 4.39 Å². The summed E-state index contributed by atoms with van der Waals surface area (Å²) in [4.78, 5) is 0. The van der Waals surface area contributed by atoms with Gasteiger partial charge in [-0.2, -0.15) is 0 Å². The van der Waals surface area contributed by atoms with Gasteiger partial charge in [-0.1, -0.05) is 48.5 Å². The highest BCUT2D eigenvalue weighted by Gasteiger charge is 2.12. The van der Waals surface area contributed by atoms with E-state index in [1.54, 1.807) is 18.2 Å². The Hall–Kier alpha value is -2.85. The Labute approximate surface area is 146 Å². The van der Waals surface area contributed by atoms with E-state index >= 15 is 0 Å². The van der Waals surface area contributed by atoms with Crippen molar-refractivity contribution < 1.29 is 13.9 Å². The first kappa shape index (κ1) is 17.0. The van der Waals surface area contributed by atoms with Crippen molar-refractivity contribution in [1.29, 1.82) is 0 Å². The summed E-state index contributed by atoms with van der Waals surface area (Å²) in [5.74, 6) is 0.542. The van der Waals surface area contributed by atoms with E-state index in [0.717, 1.165) is 16.7 Å². The molecule has 0 aromatic heterocycles. The Kier molecular flexibility index (Phi) is 5.31. The zero-order chi connectivity index (χ0) is 17.6. The highest BCUT2D eigenvalue weighted by molar-refractivity contribution is 5.68. The summed E-state index contributed by atoms with van der Waals surface area (Å²) in [5.41, 5.74) is 8.98. The molecule has 0 saturated heterocycles. The lowest BCUT2D eigenvalue weighted by molar-refractivity contribution is 0.303. The molecule has 3 aromatic carbocycles. The van der Waals surface area contributed by atoms with Crippen LogP contribution in [0.2, 0.25) is 0 Å². The average Bonchev–Trinajstić information content (AvgIpc) is 2.67. The molecule has 0 atom stereocenters. The predicted molar refractivity (Wildman–Crippen MR) is 97.1 cm³/mol. The smallest absolute Gasteiger partial charge is 0.172 e. The molecule has 0 saturated carbocycles. The van der Waals surface area contributed by atoms with E-state index in [1.165, 1.54) is 7.11 Å². The van der Waals surface area contributed by atoms with Gasteiger partial charge in [-0.05, 0) is 29.3 Å². The van der Waals surface area contributed by atoms with Gasteiger partial charge in [0, 0.05) is 17.7 Å². The Morgan fingerprint density at radius 2 is 1.72 bits per heavy atom. The molecule has 25 heavy (non-hydrogen) atoms. The van der Waals surface area contributed by atoms with Gasteiger partial charge in [-0.25, -0.2) is 4.39 Å². The zero-order valence-corrected chi connectivity index (χ0v) is 14.0. The summed E-state index contributed by atoms with van der Waals surface area (Å²) < 4.78 is 25.4. The third-order valence-corrected chi connectivity index (χ3v) is 4.01. The van der Waals surface area contributed by atoms with Crippen molar-refractivity contribution in [3.8, 4) is 22.6 Å². The molecule has 3 nitrogen and oxygen atoms in total. The second-order valence-electron chi connectivity index (χ2n) is 5.62. The molecule has 0 aliphatic carbocycles. The average molecular weight is 337 g/mol. The lowest BCUT2D eigenvalue weighted by Gasteiger charge is -2.13. The van der Waals surface area contributed by atoms with E-state index in [0.29, 0.717) is 24.5 Å². The molecule has 0 aliphatic rings. The molecule has 3 rings (SSSR count). The minimum atomic E-state index is -0.383. The van der Waals surface area contributed by atoms with Crippen molar-refractivity contribution in [1.82, 2.24) is 0 Å². The normalized spacial score (nSPS) is 10.5. The SMILES string of the molecule is COc1cccc(-c2ccc(OCc3ccccc3)c(CN)c2)c1F. The minimum Gasteiger partial charge on any atom is -0.494 e. The summed E-state index contributed by atoms with van der Waals surface area (Å²) >= 11 is 0. The van der Waals surface area contributed by atoms with Gasteiger partial charge in [-0.15, -0.1) is 0 Å². The molecule has 0 unspecified atom stereocenters.